The lowest BCUT2D eigenvalue weighted by molar-refractivity contribution is -0.382. The quantitative estimate of drug-likeness (QED) is 0.159. The molecule has 2 aromatic carbocycles. The summed E-state index contributed by atoms with van der Waals surface area (Å²) in [4.78, 5) is 36.5. The zero-order valence-corrected chi connectivity index (χ0v) is 10.1. The van der Waals surface area contributed by atoms with E-state index in [0.29, 0.717) is 0 Å². The first kappa shape index (κ1) is 12.6. The Kier molecular flexibility index (Phi) is 2.57. The topological polar surface area (TPSA) is 135 Å². The number of nitro groups is 1. The number of esters is 2. The fourth-order valence-corrected chi connectivity index (χ4v) is 2.30. The van der Waals surface area contributed by atoms with Crippen molar-refractivity contribution in [3.63, 3.8) is 0 Å². The highest BCUT2D eigenvalue weighted by molar-refractivity contribution is 6.23. The van der Waals surface area contributed by atoms with E-state index in [9.17, 15) is 19.7 Å². The van der Waals surface area contributed by atoms with Crippen molar-refractivity contribution in [3.05, 3.63) is 55.9 Å². The van der Waals surface area contributed by atoms with E-state index in [1.54, 1.807) is 0 Å². The van der Waals surface area contributed by atoms with Gasteiger partial charge < -0.3 is 4.74 Å². The van der Waals surface area contributed by atoms with E-state index in [4.69, 9.17) is 5.53 Å². The zero-order valence-electron chi connectivity index (χ0n) is 10.1. The van der Waals surface area contributed by atoms with E-state index in [2.05, 4.69) is 14.8 Å². The lowest BCUT2D eigenvalue weighted by Gasteiger charge is -2.16. The molecule has 0 N–H and O–H groups in total. The Hall–Kier alpha value is -3.45. The van der Waals surface area contributed by atoms with Crippen LogP contribution in [0.4, 0.5) is 11.4 Å². The highest BCUT2D eigenvalue weighted by Gasteiger charge is 2.32. The number of carbonyl (C=O) groups excluding carboxylic acids is 2. The molecular formula is C12H4N4O5. The summed E-state index contributed by atoms with van der Waals surface area (Å²) in [5.41, 5.74) is 7.74. The number of cyclic esters (lactones) is 2. The molecule has 2 aromatic rings. The molecule has 1 heterocycles. The van der Waals surface area contributed by atoms with Crippen molar-refractivity contribution in [3.8, 4) is 0 Å². The van der Waals surface area contributed by atoms with Crippen LogP contribution in [-0.4, -0.2) is 16.9 Å². The molecule has 1 aliphatic rings. The average molecular weight is 284 g/mol. The number of nitrogens with zero attached hydrogens (tertiary/aromatic N) is 4. The number of carbonyl (C=O) groups is 2. The second-order valence-corrected chi connectivity index (χ2v) is 4.14. The van der Waals surface area contributed by atoms with Gasteiger partial charge in [0.1, 0.15) is 5.69 Å². The van der Waals surface area contributed by atoms with Crippen molar-refractivity contribution in [2.45, 2.75) is 0 Å². The Morgan fingerprint density at radius 2 is 1.95 bits per heavy atom. The molecule has 1 aliphatic heterocycles. The summed E-state index contributed by atoms with van der Waals surface area (Å²) in [6, 6.07) is 5.25. The molecule has 0 spiro atoms. The third kappa shape index (κ3) is 1.69. The minimum absolute atomic E-state index is 0.0439. The Morgan fingerprint density at radius 1 is 1.24 bits per heavy atom. The Bertz CT molecular complexity index is 898. The van der Waals surface area contributed by atoms with Gasteiger partial charge in [-0.2, -0.15) is 0 Å². The Balaban J connectivity index is 2.58. The normalized spacial score (nSPS) is 12.8. The molecule has 0 atom stereocenters. The van der Waals surface area contributed by atoms with Gasteiger partial charge in [-0.25, -0.2) is 9.59 Å². The van der Waals surface area contributed by atoms with Gasteiger partial charge in [-0.1, -0.05) is 11.2 Å². The third-order valence-electron chi connectivity index (χ3n) is 3.07. The molecule has 0 aliphatic carbocycles. The number of ether oxygens (including phenoxy) is 1. The van der Waals surface area contributed by atoms with Crippen molar-refractivity contribution in [1.82, 2.24) is 0 Å². The lowest BCUT2D eigenvalue weighted by Crippen LogP contribution is -2.19. The van der Waals surface area contributed by atoms with Crippen molar-refractivity contribution >= 4 is 34.1 Å². The van der Waals surface area contributed by atoms with E-state index >= 15 is 0 Å². The van der Waals surface area contributed by atoms with Gasteiger partial charge in [-0.3, -0.25) is 10.1 Å². The molecule has 0 bridgehead atoms. The summed E-state index contributed by atoms with van der Waals surface area (Å²) in [5, 5.41) is 14.6. The van der Waals surface area contributed by atoms with Crippen LogP contribution in [0.5, 0.6) is 0 Å². The lowest BCUT2D eigenvalue weighted by atomic mass is 9.95. The summed E-state index contributed by atoms with van der Waals surface area (Å²) >= 11 is 0. The maximum atomic E-state index is 11.8. The molecule has 0 aromatic heterocycles. The summed E-state index contributed by atoms with van der Waals surface area (Å²) in [6.45, 7) is 0. The van der Waals surface area contributed by atoms with Crippen molar-refractivity contribution < 1.29 is 19.2 Å². The summed E-state index contributed by atoms with van der Waals surface area (Å²) in [6.07, 6.45) is 0. The number of hydrogen-bond donors (Lipinski definition) is 0. The number of rotatable bonds is 2. The van der Waals surface area contributed by atoms with Gasteiger partial charge in [0, 0.05) is 10.3 Å². The zero-order chi connectivity index (χ0) is 15.1. The summed E-state index contributed by atoms with van der Waals surface area (Å²) in [5.74, 6) is -1.81. The predicted molar refractivity (Wildman–Crippen MR) is 69.2 cm³/mol. The number of benzene rings is 2. The van der Waals surface area contributed by atoms with Crippen LogP contribution in [0.3, 0.4) is 0 Å². The van der Waals surface area contributed by atoms with Gasteiger partial charge in [-0.05, 0) is 23.7 Å². The van der Waals surface area contributed by atoms with Crippen LogP contribution < -0.4 is 0 Å². The third-order valence-corrected chi connectivity index (χ3v) is 3.07. The van der Waals surface area contributed by atoms with E-state index in [1.165, 1.54) is 18.2 Å². The first-order valence-electron chi connectivity index (χ1n) is 5.60. The van der Waals surface area contributed by atoms with Gasteiger partial charge in [0.15, 0.2) is 0 Å². The van der Waals surface area contributed by atoms with E-state index in [1.807, 2.05) is 0 Å². The smallest absolute Gasteiger partial charge is 0.346 e. The summed E-state index contributed by atoms with van der Waals surface area (Å²) < 4.78 is 4.55. The molecule has 0 saturated carbocycles. The fraction of sp³-hybridized carbons (Fsp3) is 0. The van der Waals surface area contributed by atoms with Crippen LogP contribution in [-0.2, 0) is 4.74 Å². The highest BCUT2D eigenvalue weighted by Crippen LogP contribution is 2.41. The monoisotopic (exact) mass is 284 g/mol. The molecule has 102 valence electrons. The van der Waals surface area contributed by atoms with Crippen molar-refractivity contribution in [1.29, 1.82) is 0 Å². The summed E-state index contributed by atoms with van der Waals surface area (Å²) in [7, 11) is 0. The number of nitro benzene ring substituents is 1. The maximum Gasteiger partial charge on any atom is 0.346 e. The van der Waals surface area contributed by atoms with Crippen molar-refractivity contribution in [2.24, 2.45) is 5.11 Å². The predicted octanol–water partition coefficient (Wildman–Crippen LogP) is 3.00. The standard InChI is InChI=1S/C12H4N4O5/c13-15-14-8-4-7-9-5(10(8)16(19)20)2-1-3-6(9)11(17)21-12(7)18/h1-4H. The van der Waals surface area contributed by atoms with E-state index in [0.717, 1.165) is 6.07 Å². The molecule has 9 heteroatoms. The average Bonchev–Trinajstić information content (AvgIpc) is 2.44. The van der Waals surface area contributed by atoms with Gasteiger partial charge in [-0.15, -0.1) is 0 Å². The van der Waals surface area contributed by atoms with Crippen LogP contribution >= 0.6 is 0 Å². The van der Waals surface area contributed by atoms with E-state index in [-0.39, 0.29) is 27.6 Å². The number of azide groups is 1. The molecule has 3 rings (SSSR count). The Labute approximate surface area is 115 Å². The van der Waals surface area contributed by atoms with E-state index < -0.39 is 22.5 Å². The van der Waals surface area contributed by atoms with Crippen LogP contribution in [0.25, 0.3) is 21.2 Å². The number of hydrogen-bond acceptors (Lipinski definition) is 6. The molecule has 0 fully saturated rings. The van der Waals surface area contributed by atoms with Gasteiger partial charge in [0.05, 0.1) is 21.4 Å². The van der Waals surface area contributed by atoms with Gasteiger partial charge in [0.25, 0.3) is 5.69 Å². The maximum absolute atomic E-state index is 11.8. The molecule has 0 unspecified atom stereocenters. The van der Waals surface area contributed by atoms with Gasteiger partial charge >= 0.3 is 11.9 Å². The van der Waals surface area contributed by atoms with Crippen LogP contribution in [0, 0.1) is 10.1 Å². The molecule has 9 nitrogen and oxygen atoms in total. The van der Waals surface area contributed by atoms with Crippen LogP contribution in [0.2, 0.25) is 0 Å². The first-order chi connectivity index (χ1) is 10.0. The highest BCUT2D eigenvalue weighted by atomic mass is 16.6. The molecule has 0 amide bonds. The fourth-order valence-electron chi connectivity index (χ4n) is 2.30. The second kappa shape index (κ2) is 4.29. The first-order valence-corrected chi connectivity index (χ1v) is 5.60. The molecule has 21 heavy (non-hydrogen) atoms. The molecule has 0 saturated heterocycles. The second-order valence-electron chi connectivity index (χ2n) is 4.14. The minimum atomic E-state index is -0.937. The SMILES string of the molecule is [N-]=[N+]=Nc1cc2c3c(cccc3c1[N+](=O)[O-])C(=O)OC2=O. The largest absolute Gasteiger partial charge is 0.386 e. The minimum Gasteiger partial charge on any atom is -0.386 e. The van der Waals surface area contributed by atoms with Crippen LogP contribution in [0.15, 0.2) is 29.4 Å². The van der Waals surface area contributed by atoms with Crippen LogP contribution in [0.1, 0.15) is 20.7 Å². The Morgan fingerprint density at radius 3 is 2.62 bits per heavy atom. The molecular weight excluding hydrogens is 280 g/mol. The van der Waals surface area contributed by atoms with Gasteiger partial charge in [0.2, 0.25) is 0 Å². The molecule has 0 radical (unpaired) electrons. The van der Waals surface area contributed by atoms with Crippen molar-refractivity contribution in [2.75, 3.05) is 0 Å².